The van der Waals surface area contributed by atoms with Crippen molar-refractivity contribution in [3.8, 4) is 5.75 Å². The summed E-state index contributed by atoms with van der Waals surface area (Å²) in [6, 6.07) is 25.3. The molecule has 188 valence electrons. The van der Waals surface area contributed by atoms with Crippen LogP contribution in [0.5, 0.6) is 5.75 Å². The van der Waals surface area contributed by atoms with Gasteiger partial charge in [-0.05, 0) is 62.9 Å². The van der Waals surface area contributed by atoms with Crippen molar-refractivity contribution in [3.63, 3.8) is 0 Å². The summed E-state index contributed by atoms with van der Waals surface area (Å²) in [6.07, 6.45) is 1.56. The molecule has 1 N–H and O–H groups in total. The van der Waals surface area contributed by atoms with Gasteiger partial charge in [0, 0.05) is 23.7 Å². The maximum atomic E-state index is 13.1. The summed E-state index contributed by atoms with van der Waals surface area (Å²) in [5, 5.41) is 2.98. The lowest BCUT2D eigenvalue weighted by atomic mass is 10.1. The fourth-order valence-electron chi connectivity index (χ4n) is 3.79. The fourth-order valence-corrected chi connectivity index (χ4v) is 3.79. The van der Waals surface area contributed by atoms with E-state index < -0.39 is 5.60 Å². The summed E-state index contributed by atoms with van der Waals surface area (Å²) in [6.45, 7) is 6.71. The summed E-state index contributed by atoms with van der Waals surface area (Å²) >= 11 is 0. The van der Waals surface area contributed by atoms with Crippen LogP contribution in [0.25, 0.3) is 0 Å². The molecule has 4 rings (SSSR count). The zero-order valence-corrected chi connectivity index (χ0v) is 21.2. The van der Waals surface area contributed by atoms with Crippen molar-refractivity contribution in [2.45, 2.75) is 58.9 Å². The first-order valence-electron chi connectivity index (χ1n) is 12.4. The Morgan fingerprint density at radius 1 is 0.889 bits per heavy atom. The molecule has 1 aliphatic rings. The molecular weight excluding hydrogens is 452 g/mol. The van der Waals surface area contributed by atoms with Crippen molar-refractivity contribution in [3.05, 3.63) is 95.6 Å². The van der Waals surface area contributed by atoms with Crippen LogP contribution in [0.3, 0.4) is 0 Å². The van der Waals surface area contributed by atoms with Crippen molar-refractivity contribution >= 4 is 17.7 Å². The number of carbonyl (C=O) groups is 2. The van der Waals surface area contributed by atoms with Crippen LogP contribution in [0.2, 0.25) is 0 Å². The number of hydrogen-bond donors (Lipinski definition) is 1. The lowest BCUT2D eigenvalue weighted by Crippen LogP contribution is -2.36. The van der Waals surface area contributed by atoms with E-state index in [1.54, 1.807) is 4.90 Å². The van der Waals surface area contributed by atoms with Crippen molar-refractivity contribution in [1.29, 1.82) is 0 Å². The lowest BCUT2D eigenvalue weighted by Gasteiger charge is -2.28. The summed E-state index contributed by atoms with van der Waals surface area (Å²) in [7, 11) is 0. The van der Waals surface area contributed by atoms with E-state index in [2.05, 4.69) is 5.32 Å². The Labute approximate surface area is 213 Å². The second kappa shape index (κ2) is 11.3. The van der Waals surface area contributed by atoms with Gasteiger partial charge in [-0.1, -0.05) is 60.7 Å². The molecule has 0 unspecified atom stereocenters. The number of carbonyl (C=O) groups excluding carboxylic acids is 2. The Bertz CT molecular complexity index is 1180. The first-order chi connectivity index (χ1) is 17.3. The molecular formula is C30H34N2O4. The minimum atomic E-state index is -0.595. The summed E-state index contributed by atoms with van der Waals surface area (Å²) in [5.41, 5.74) is 3.04. The highest BCUT2D eigenvalue weighted by atomic mass is 16.6. The maximum absolute atomic E-state index is 13.1. The highest BCUT2D eigenvalue weighted by molar-refractivity contribution is 5.94. The number of hydrogen-bond acceptors (Lipinski definition) is 4. The molecule has 0 heterocycles. The molecule has 0 spiro atoms. The molecule has 6 nitrogen and oxygen atoms in total. The molecule has 0 atom stereocenters. The Kier molecular flexibility index (Phi) is 7.93. The van der Waals surface area contributed by atoms with E-state index in [0.29, 0.717) is 25.4 Å². The zero-order chi connectivity index (χ0) is 25.5. The number of anilines is 1. The highest BCUT2D eigenvalue weighted by Crippen LogP contribution is 2.30. The Morgan fingerprint density at radius 2 is 1.58 bits per heavy atom. The number of benzene rings is 3. The largest absolute Gasteiger partial charge is 0.489 e. The molecule has 0 saturated heterocycles. The van der Waals surface area contributed by atoms with Gasteiger partial charge in [0.15, 0.2) is 0 Å². The molecule has 6 heteroatoms. The smallest absolute Gasteiger partial charge is 0.410 e. The minimum absolute atomic E-state index is 0.0825. The van der Waals surface area contributed by atoms with Crippen LogP contribution in [-0.2, 0) is 29.2 Å². The number of rotatable bonds is 9. The third kappa shape index (κ3) is 7.60. The van der Waals surface area contributed by atoms with Crippen LogP contribution in [0, 0.1) is 5.92 Å². The topological polar surface area (TPSA) is 67.9 Å². The molecule has 3 aromatic carbocycles. The van der Waals surface area contributed by atoms with Crippen LogP contribution in [0.1, 0.15) is 50.3 Å². The summed E-state index contributed by atoms with van der Waals surface area (Å²) in [5.74, 6) is 0.936. The van der Waals surface area contributed by atoms with E-state index in [0.717, 1.165) is 35.2 Å². The van der Waals surface area contributed by atoms with Gasteiger partial charge in [0.25, 0.3) is 0 Å². The molecule has 3 aromatic rings. The van der Waals surface area contributed by atoms with Crippen molar-refractivity contribution < 1.29 is 19.1 Å². The van der Waals surface area contributed by atoms with Crippen LogP contribution < -0.4 is 10.1 Å². The van der Waals surface area contributed by atoms with Crippen LogP contribution in [-0.4, -0.2) is 22.5 Å². The SMILES string of the molecule is CC(C)(C)OC(=O)N(Cc1ccccc1)Cc1ccccc1OCc1cccc(NC(=O)C2CC2)c1. The molecule has 0 aromatic heterocycles. The van der Waals surface area contributed by atoms with E-state index in [1.165, 1.54) is 0 Å². The quantitative estimate of drug-likeness (QED) is 0.372. The highest BCUT2D eigenvalue weighted by Gasteiger charge is 2.29. The first kappa shape index (κ1) is 25.3. The fraction of sp³-hybridized carbons (Fsp3) is 0.333. The van der Waals surface area contributed by atoms with E-state index in [-0.39, 0.29) is 17.9 Å². The standard InChI is InChI=1S/C30H34N2O4/c1-30(2,3)36-29(34)32(19-22-10-5-4-6-11-22)20-25-13-7-8-15-27(25)35-21-23-12-9-14-26(18-23)31-28(33)24-16-17-24/h4-15,18,24H,16-17,19-21H2,1-3H3,(H,31,33). The van der Waals surface area contributed by atoms with Crippen molar-refractivity contribution in [2.24, 2.45) is 5.92 Å². The number of amides is 2. The number of ether oxygens (including phenoxy) is 2. The lowest BCUT2D eigenvalue weighted by molar-refractivity contribution is -0.117. The Hall–Kier alpha value is -3.80. The average molecular weight is 487 g/mol. The molecule has 1 saturated carbocycles. The average Bonchev–Trinajstić information content (AvgIpc) is 3.69. The van der Waals surface area contributed by atoms with E-state index in [4.69, 9.17) is 9.47 Å². The monoisotopic (exact) mass is 486 g/mol. The van der Waals surface area contributed by atoms with Gasteiger partial charge >= 0.3 is 6.09 Å². The van der Waals surface area contributed by atoms with Gasteiger partial charge in [-0.25, -0.2) is 4.79 Å². The third-order valence-corrected chi connectivity index (χ3v) is 5.74. The second-order valence-corrected chi connectivity index (χ2v) is 10.2. The second-order valence-electron chi connectivity index (χ2n) is 10.2. The Morgan fingerprint density at radius 3 is 2.31 bits per heavy atom. The normalized spacial score (nSPS) is 13.1. The predicted molar refractivity (Wildman–Crippen MR) is 140 cm³/mol. The van der Waals surface area contributed by atoms with Crippen molar-refractivity contribution in [1.82, 2.24) is 4.90 Å². The molecule has 0 bridgehead atoms. The van der Waals surface area contributed by atoms with E-state index in [1.807, 2.05) is 99.6 Å². The van der Waals surface area contributed by atoms with Gasteiger partial charge in [0.05, 0.1) is 6.54 Å². The Balaban J connectivity index is 1.46. The molecule has 0 radical (unpaired) electrons. The zero-order valence-electron chi connectivity index (χ0n) is 21.2. The number of nitrogens with zero attached hydrogens (tertiary/aromatic N) is 1. The van der Waals surface area contributed by atoms with Gasteiger partial charge in [-0.2, -0.15) is 0 Å². The van der Waals surface area contributed by atoms with E-state index >= 15 is 0 Å². The molecule has 0 aliphatic heterocycles. The van der Waals surface area contributed by atoms with E-state index in [9.17, 15) is 9.59 Å². The molecule has 36 heavy (non-hydrogen) atoms. The number of nitrogens with one attached hydrogen (secondary N) is 1. The van der Waals surface area contributed by atoms with Gasteiger partial charge in [0.1, 0.15) is 18.0 Å². The predicted octanol–water partition coefficient (Wildman–Crippen LogP) is 6.55. The number of para-hydroxylation sites is 1. The minimum Gasteiger partial charge on any atom is -0.489 e. The molecule has 1 aliphatic carbocycles. The van der Waals surface area contributed by atoms with Gasteiger partial charge in [-0.15, -0.1) is 0 Å². The summed E-state index contributed by atoms with van der Waals surface area (Å²) < 4.78 is 11.9. The molecule has 1 fully saturated rings. The van der Waals surface area contributed by atoms with Gasteiger partial charge in [-0.3, -0.25) is 9.69 Å². The summed E-state index contributed by atoms with van der Waals surface area (Å²) in [4.78, 5) is 26.9. The van der Waals surface area contributed by atoms with Crippen molar-refractivity contribution in [2.75, 3.05) is 5.32 Å². The van der Waals surface area contributed by atoms with Gasteiger partial charge < -0.3 is 14.8 Å². The van der Waals surface area contributed by atoms with Crippen LogP contribution in [0.4, 0.5) is 10.5 Å². The van der Waals surface area contributed by atoms with Crippen LogP contribution >= 0.6 is 0 Å². The van der Waals surface area contributed by atoms with Gasteiger partial charge in [0.2, 0.25) is 5.91 Å². The van der Waals surface area contributed by atoms with Crippen LogP contribution in [0.15, 0.2) is 78.9 Å². The molecule has 2 amide bonds. The third-order valence-electron chi connectivity index (χ3n) is 5.74. The maximum Gasteiger partial charge on any atom is 0.410 e. The first-order valence-corrected chi connectivity index (χ1v) is 12.4.